The van der Waals surface area contributed by atoms with Crippen molar-refractivity contribution in [2.24, 2.45) is 0 Å². The summed E-state index contributed by atoms with van der Waals surface area (Å²) in [4.78, 5) is 2.45. The topological polar surface area (TPSA) is 13.1 Å². The molecule has 3 nitrogen and oxygen atoms in total. The lowest BCUT2D eigenvalue weighted by atomic mass is 9.95. The molecule has 2 aromatic heterocycles. The van der Waals surface area contributed by atoms with Crippen molar-refractivity contribution in [3.05, 3.63) is 224 Å². The van der Waals surface area contributed by atoms with Crippen LogP contribution in [-0.2, 0) is 0 Å². The molecule has 0 amide bonds. The normalized spacial score (nSPS) is 11.7. The molecule has 12 aromatic rings. The molecule has 2 heterocycles. The Kier molecular flexibility index (Phi) is 7.54. The molecule has 0 spiro atoms. The first-order valence-corrected chi connectivity index (χ1v) is 20.3. The number of nitrogens with zero attached hydrogens (tertiary/aromatic N) is 3. The number of aromatic nitrogens is 2. The van der Waals surface area contributed by atoms with E-state index in [4.69, 9.17) is 0 Å². The zero-order valence-electron chi connectivity index (χ0n) is 32.2. The van der Waals surface area contributed by atoms with Crippen molar-refractivity contribution in [3.8, 4) is 22.5 Å². The van der Waals surface area contributed by atoms with Crippen molar-refractivity contribution in [3.63, 3.8) is 0 Å². The number of hydrogen-bond donors (Lipinski definition) is 0. The second-order valence-electron chi connectivity index (χ2n) is 15.3. The maximum absolute atomic E-state index is 2.45. The van der Waals surface area contributed by atoms with Crippen LogP contribution in [0, 0.1) is 0 Å². The van der Waals surface area contributed by atoms with E-state index in [1.165, 1.54) is 82.0 Å². The van der Waals surface area contributed by atoms with Gasteiger partial charge in [-0.2, -0.15) is 0 Å². The maximum atomic E-state index is 2.45. The Balaban J connectivity index is 1.06. The number of rotatable bonds is 6. The van der Waals surface area contributed by atoms with Gasteiger partial charge >= 0.3 is 0 Å². The summed E-state index contributed by atoms with van der Waals surface area (Å²) in [7, 11) is 0. The summed E-state index contributed by atoms with van der Waals surface area (Å²) in [5.41, 5.74) is 12.9. The fraction of sp³-hybridized carbons (Fsp3) is 0. The molecular weight excluding hydrogens is 715 g/mol. The molecule has 10 aromatic carbocycles. The second kappa shape index (κ2) is 13.4. The average Bonchev–Trinajstić information content (AvgIpc) is 3.82. The summed E-state index contributed by atoms with van der Waals surface area (Å²) in [6.07, 6.45) is 0. The van der Waals surface area contributed by atoms with Crippen molar-refractivity contribution >= 4 is 82.2 Å². The summed E-state index contributed by atoms with van der Waals surface area (Å²) in [6, 6.07) is 81.7. The summed E-state index contributed by atoms with van der Waals surface area (Å²) in [5, 5.41) is 9.80. The van der Waals surface area contributed by atoms with Crippen molar-refractivity contribution in [1.82, 2.24) is 9.13 Å². The van der Waals surface area contributed by atoms with E-state index in [1.807, 2.05) is 0 Å². The number of anilines is 3. The largest absolute Gasteiger partial charge is 0.309 e. The van der Waals surface area contributed by atoms with E-state index in [0.717, 1.165) is 22.7 Å². The summed E-state index contributed by atoms with van der Waals surface area (Å²) in [5.74, 6) is 0. The third kappa shape index (κ3) is 5.15. The van der Waals surface area contributed by atoms with Gasteiger partial charge in [-0.25, -0.2) is 0 Å². The van der Waals surface area contributed by atoms with Gasteiger partial charge in [-0.3, -0.25) is 0 Å². The third-order valence-corrected chi connectivity index (χ3v) is 12.1. The lowest BCUT2D eigenvalue weighted by Gasteiger charge is -2.29. The lowest BCUT2D eigenvalue weighted by Crippen LogP contribution is -2.11. The number of benzene rings is 10. The Morgan fingerprint density at radius 2 is 0.746 bits per heavy atom. The first kappa shape index (κ1) is 33.3. The highest BCUT2D eigenvalue weighted by molar-refractivity contribution is 6.15. The van der Waals surface area contributed by atoms with Crippen molar-refractivity contribution in [2.45, 2.75) is 0 Å². The van der Waals surface area contributed by atoms with Crippen molar-refractivity contribution in [1.29, 1.82) is 0 Å². The summed E-state index contributed by atoms with van der Waals surface area (Å²) in [6.45, 7) is 0. The maximum Gasteiger partial charge on any atom is 0.0542 e. The highest BCUT2D eigenvalue weighted by Gasteiger charge is 2.22. The average molecular weight is 752 g/mol. The highest BCUT2D eigenvalue weighted by Crippen LogP contribution is 2.46. The van der Waals surface area contributed by atoms with E-state index < -0.39 is 0 Å². The van der Waals surface area contributed by atoms with Gasteiger partial charge in [-0.1, -0.05) is 152 Å². The van der Waals surface area contributed by atoms with Gasteiger partial charge in [0.05, 0.1) is 39.1 Å². The molecule has 0 bridgehead atoms. The number of para-hydroxylation sites is 5. The quantitative estimate of drug-likeness (QED) is 0.165. The fourth-order valence-electron chi connectivity index (χ4n) is 9.55. The molecule has 0 unspecified atom stereocenters. The number of hydrogen-bond acceptors (Lipinski definition) is 1. The molecule has 0 fully saturated rings. The first-order chi connectivity index (χ1) is 29.3. The number of fused-ring (bicyclic) bond motifs is 8. The predicted molar refractivity (Wildman–Crippen MR) is 250 cm³/mol. The molecule has 276 valence electrons. The first-order valence-electron chi connectivity index (χ1n) is 20.3. The van der Waals surface area contributed by atoms with E-state index in [-0.39, 0.29) is 0 Å². The van der Waals surface area contributed by atoms with Gasteiger partial charge in [0.2, 0.25) is 0 Å². The molecule has 12 rings (SSSR count). The Labute approximate surface area is 341 Å². The monoisotopic (exact) mass is 751 g/mol. The minimum Gasteiger partial charge on any atom is -0.309 e. The van der Waals surface area contributed by atoms with Crippen LogP contribution in [0.2, 0.25) is 0 Å². The fourth-order valence-corrected chi connectivity index (χ4v) is 9.55. The molecule has 59 heavy (non-hydrogen) atoms. The molecule has 0 aliphatic carbocycles. The SMILES string of the molecule is c1ccc(N(c2ccc(-c3ccc4c(c3)c3ccccc3n4-c3ccccc3)c3ccccc23)c2ccc(-n3c4ccccc4c4ccccc43)c3ccccc23)cc1. The van der Waals surface area contributed by atoms with Gasteiger partial charge < -0.3 is 14.0 Å². The zero-order chi connectivity index (χ0) is 38.9. The van der Waals surface area contributed by atoms with Crippen molar-refractivity contribution < 1.29 is 0 Å². The Morgan fingerprint density at radius 1 is 0.288 bits per heavy atom. The molecule has 0 radical (unpaired) electrons. The van der Waals surface area contributed by atoms with Gasteiger partial charge in [-0.15, -0.1) is 0 Å². The van der Waals surface area contributed by atoms with Crippen LogP contribution in [0.1, 0.15) is 0 Å². The zero-order valence-corrected chi connectivity index (χ0v) is 32.2. The van der Waals surface area contributed by atoms with Gasteiger partial charge in [0, 0.05) is 49.1 Å². The van der Waals surface area contributed by atoms with Crippen LogP contribution in [0.15, 0.2) is 224 Å². The van der Waals surface area contributed by atoms with Crippen LogP contribution in [0.4, 0.5) is 17.1 Å². The van der Waals surface area contributed by atoms with Gasteiger partial charge in [0.1, 0.15) is 0 Å². The molecule has 0 aliphatic rings. The smallest absolute Gasteiger partial charge is 0.0542 e. The Hall–Kier alpha value is -7.88. The molecule has 0 aliphatic heterocycles. The van der Waals surface area contributed by atoms with Crippen LogP contribution in [0.3, 0.4) is 0 Å². The molecule has 0 atom stereocenters. The standard InChI is InChI=1S/C56H37N3/c1-3-17-39(18-4-1)57-50-28-14-13-27-48(50)49-37-38(31-33-56(49)57)41-32-34-53(43-22-8-7-21-42(41)43)58(40-19-5-2-6-20-40)54-35-36-55(47-24-10-9-23-46(47)54)59-51-29-15-11-25-44(51)45-26-12-16-30-52(45)59/h1-37H. The van der Waals surface area contributed by atoms with Gasteiger partial charge in [-0.05, 0) is 89.3 Å². The van der Waals surface area contributed by atoms with E-state index in [1.54, 1.807) is 0 Å². The van der Waals surface area contributed by atoms with E-state index in [0.29, 0.717) is 0 Å². The minimum absolute atomic E-state index is 1.11. The predicted octanol–water partition coefficient (Wildman–Crippen LogP) is 15.3. The second-order valence-corrected chi connectivity index (χ2v) is 15.3. The minimum atomic E-state index is 1.11. The van der Waals surface area contributed by atoms with Crippen LogP contribution < -0.4 is 4.90 Å². The van der Waals surface area contributed by atoms with Crippen LogP contribution in [-0.4, -0.2) is 9.13 Å². The Morgan fingerprint density at radius 3 is 1.39 bits per heavy atom. The van der Waals surface area contributed by atoms with E-state index >= 15 is 0 Å². The third-order valence-electron chi connectivity index (χ3n) is 12.1. The molecule has 3 heteroatoms. The van der Waals surface area contributed by atoms with Crippen LogP contribution >= 0.6 is 0 Å². The molecule has 0 N–H and O–H groups in total. The van der Waals surface area contributed by atoms with Crippen LogP contribution in [0.5, 0.6) is 0 Å². The molecule has 0 saturated carbocycles. The molecule has 0 saturated heterocycles. The summed E-state index contributed by atoms with van der Waals surface area (Å²) < 4.78 is 4.81. The highest BCUT2D eigenvalue weighted by atomic mass is 15.1. The summed E-state index contributed by atoms with van der Waals surface area (Å²) >= 11 is 0. The van der Waals surface area contributed by atoms with Gasteiger partial charge in [0.25, 0.3) is 0 Å². The van der Waals surface area contributed by atoms with E-state index in [2.05, 4.69) is 238 Å². The van der Waals surface area contributed by atoms with Gasteiger partial charge in [0.15, 0.2) is 0 Å². The molecular formula is C56H37N3. The van der Waals surface area contributed by atoms with E-state index in [9.17, 15) is 0 Å². The van der Waals surface area contributed by atoms with Crippen LogP contribution in [0.25, 0.3) is 87.7 Å². The lowest BCUT2D eigenvalue weighted by molar-refractivity contribution is 1.18. The Bertz CT molecular complexity index is 3500. The van der Waals surface area contributed by atoms with Crippen molar-refractivity contribution in [2.75, 3.05) is 4.90 Å².